The Morgan fingerprint density at radius 1 is 0.933 bits per heavy atom. The van der Waals surface area contributed by atoms with Crippen molar-refractivity contribution in [1.29, 1.82) is 5.26 Å². The van der Waals surface area contributed by atoms with E-state index in [0.717, 1.165) is 22.5 Å². The zero-order valence-corrected chi connectivity index (χ0v) is 17.7. The minimum absolute atomic E-state index is 0.520. The van der Waals surface area contributed by atoms with Crippen LogP contribution in [0.2, 0.25) is 0 Å². The average Bonchev–Trinajstić information content (AvgIpc) is 3.26. The van der Waals surface area contributed by atoms with Gasteiger partial charge in [0, 0.05) is 22.8 Å². The van der Waals surface area contributed by atoms with Crippen molar-refractivity contribution in [2.45, 2.75) is 13.8 Å². The van der Waals surface area contributed by atoms with Crippen LogP contribution in [0.25, 0.3) is 28.0 Å². The summed E-state index contributed by atoms with van der Waals surface area (Å²) < 4.78 is 0. The molecule has 0 aliphatic rings. The van der Waals surface area contributed by atoms with Crippen molar-refractivity contribution in [3.05, 3.63) is 101 Å². The molecule has 30 heavy (non-hydrogen) atoms. The van der Waals surface area contributed by atoms with Gasteiger partial charge in [0.15, 0.2) is 0 Å². The minimum Gasteiger partial charge on any atom is -0.360 e. The lowest BCUT2D eigenvalue weighted by atomic mass is 10.0. The number of nitriles is 1. The molecule has 0 spiro atoms. The summed E-state index contributed by atoms with van der Waals surface area (Å²) in [4.78, 5) is 4.69. The highest BCUT2D eigenvalue weighted by Gasteiger charge is 2.10. The van der Waals surface area contributed by atoms with Gasteiger partial charge in [0.2, 0.25) is 0 Å². The molecule has 0 atom stereocenters. The molecule has 4 aromatic rings. The third-order valence-corrected chi connectivity index (χ3v) is 5.77. The number of rotatable bonds is 5. The van der Waals surface area contributed by atoms with Gasteiger partial charge in [0.1, 0.15) is 16.6 Å². The van der Waals surface area contributed by atoms with Crippen LogP contribution in [-0.2, 0) is 0 Å². The van der Waals surface area contributed by atoms with Gasteiger partial charge in [-0.3, -0.25) is 0 Å². The number of hydrogen-bond donors (Lipinski definition) is 1. The highest BCUT2D eigenvalue weighted by Crippen LogP contribution is 2.28. The molecule has 4 rings (SSSR count). The summed E-state index contributed by atoms with van der Waals surface area (Å²) >= 11 is 1.48. The number of aromatic nitrogens is 1. The number of allylic oxidation sites excluding steroid dienone is 1. The standard InChI is InChI=1S/C26H21N3S/c1-18-8-13-24(19(2)14-18)28-16-23(15-27)26-29-25(17-30-26)22-11-9-21(10-12-22)20-6-4-3-5-7-20/h3-14,16-17,28H,1-2H3/b23-16+. The lowest BCUT2D eigenvalue weighted by Crippen LogP contribution is -1.94. The third kappa shape index (κ3) is 4.32. The topological polar surface area (TPSA) is 48.7 Å². The van der Waals surface area contributed by atoms with E-state index in [0.29, 0.717) is 10.6 Å². The monoisotopic (exact) mass is 407 g/mol. The Balaban J connectivity index is 1.54. The molecule has 0 fully saturated rings. The maximum absolute atomic E-state index is 9.62. The molecular weight excluding hydrogens is 386 g/mol. The van der Waals surface area contributed by atoms with E-state index in [1.807, 2.05) is 29.6 Å². The SMILES string of the molecule is Cc1ccc(N/C=C(\C#N)c2nc(-c3ccc(-c4ccccc4)cc3)cs2)c(C)c1. The summed E-state index contributed by atoms with van der Waals surface area (Å²) in [5.41, 5.74) is 8.14. The van der Waals surface area contributed by atoms with Gasteiger partial charge in [0.05, 0.1) is 5.69 Å². The van der Waals surface area contributed by atoms with Crippen LogP contribution >= 0.6 is 11.3 Å². The van der Waals surface area contributed by atoms with Gasteiger partial charge in [-0.05, 0) is 36.6 Å². The summed E-state index contributed by atoms with van der Waals surface area (Å²) in [6.07, 6.45) is 1.73. The number of benzene rings is 3. The maximum atomic E-state index is 9.62. The lowest BCUT2D eigenvalue weighted by molar-refractivity contribution is 1.35. The van der Waals surface area contributed by atoms with Gasteiger partial charge in [-0.15, -0.1) is 11.3 Å². The zero-order chi connectivity index (χ0) is 20.9. The second-order valence-electron chi connectivity index (χ2n) is 7.11. The van der Waals surface area contributed by atoms with E-state index in [-0.39, 0.29) is 0 Å². The summed E-state index contributed by atoms with van der Waals surface area (Å²) in [5, 5.41) is 15.6. The maximum Gasteiger partial charge on any atom is 0.136 e. The van der Waals surface area contributed by atoms with Crippen molar-refractivity contribution in [1.82, 2.24) is 4.98 Å². The predicted molar refractivity (Wildman–Crippen MR) is 126 cm³/mol. The molecule has 146 valence electrons. The van der Waals surface area contributed by atoms with Crippen molar-refractivity contribution in [3.8, 4) is 28.5 Å². The zero-order valence-electron chi connectivity index (χ0n) is 16.9. The molecule has 0 saturated carbocycles. The summed E-state index contributed by atoms with van der Waals surface area (Å²) in [6.45, 7) is 4.12. The van der Waals surface area contributed by atoms with Crippen molar-refractivity contribution in [3.63, 3.8) is 0 Å². The van der Waals surface area contributed by atoms with Crippen LogP contribution in [0.3, 0.4) is 0 Å². The molecule has 0 aliphatic heterocycles. The molecule has 0 bridgehead atoms. The van der Waals surface area contributed by atoms with Crippen LogP contribution in [0.15, 0.2) is 84.4 Å². The van der Waals surface area contributed by atoms with Crippen LogP contribution in [0.4, 0.5) is 5.69 Å². The van der Waals surface area contributed by atoms with Crippen molar-refractivity contribution < 1.29 is 0 Å². The molecule has 0 radical (unpaired) electrons. The molecule has 0 saturated heterocycles. The highest BCUT2D eigenvalue weighted by molar-refractivity contribution is 7.11. The number of aryl methyl sites for hydroxylation is 2. The Labute approximate surface area is 181 Å². The predicted octanol–water partition coefficient (Wildman–Crippen LogP) is 7.07. The van der Waals surface area contributed by atoms with Gasteiger partial charge in [-0.1, -0.05) is 72.3 Å². The highest BCUT2D eigenvalue weighted by atomic mass is 32.1. The largest absolute Gasteiger partial charge is 0.360 e. The fraction of sp³-hybridized carbons (Fsp3) is 0.0769. The van der Waals surface area contributed by atoms with Crippen LogP contribution in [-0.4, -0.2) is 4.98 Å². The first-order valence-electron chi connectivity index (χ1n) is 9.70. The number of hydrogen-bond acceptors (Lipinski definition) is 4. The van der Waals surface area contributed by atoms with Gasteiger partial charge in [-0.25, -0.2) is 4.98 Å². The first-order valence-corrected chi connectivity index (χ1v) is 10.6. The Bertz CT molecular complexity index is 1230. The van der Waals surface area contributed by atoms with Crippen LogP contribution in [0, 0.1) is 25.2 Å². The number of thiazole rings is 1. The smallest absolute Gasteiger partial charge is 0.136 e. The Hall–Kier alpha value is -3.68. The van der Waals surface area contributed by atoms with Crippen LogP contribution in [0.5, 0.6) is 0 Å². The second kappa shape index (κ2) is 8.77. The number of nitrogens with one attached hydrogen (secondary N) is 1. The quantitative estimate of drug-likeness (QED) is 0.360. The first-order chi connectivity index (χ1) is 14.6. The van der Waals surface area contributed by atoms with Crippen LogP contribution in [0.1, 0.15) is 16.1 Å². The van der Waals surface area contributed by atoms with Crippen molar-refractivity contribution >= 4 is 22.6 Å². The second-order valence-corrected chi connectivity index (χ2v) is 7.97. The first kappa shape index (κ1) is 19.6. The van der Waals surface area contributed by atoms with E-state index >= 15 is 0 Å². The molecule has 3 aromatic carbocycles. The molecule has 1 N–H and O–H groups in total. The molecule has 0 aliphatic carbocycles. The van der Waals surface area contributed by atoms with E-state index in [1.165, 1.54) is 28.0 Å². The van der Waals surface area contributed by atoms with Gasteiger partial charge in [-0.2, -0.15) is 5.26 Å². The van der Waals surface area contributed by atoms with Crippen molar-refractivity contribution in [2.75, 3.05) is 5.32 Å². The fourth-order valence-electron chi connectivity index (χ4n) is 3.26. The van der Waals surface area contributed by atoms with E-state index in [2.05, 4.69) is 73.8 Å². The molecule has 1 heterocycles. The molecule has 3 nitrogen and oxygen atoms in total. The van der Waals surface area contributed by atoms with E-state index in [9.17, 15) is 5.26 Å². The average molecular weight is 408 g/mol. The molecular formula is C26H21N3S. The van der Waals surface area contributed by atoms with Crippen molar-refractivity contribution in [2.24, 2.45) is 0 Å². The summed E-state index contributed by atoms with van der Waals surface area (Å²) in [6, 6.07) is 27.1. The third-order valence-electron chi connectivity index (χ3n) is 4.90. The van der Waals surface area contributed by atoms with Gasteiger partial charge in [0.25, 0.3) is 0 Å². The normalized spacial score (nSPS) is 11.2. The lowest BCUT2D eigenvalue weighted by Gasteiger charge is -2.06. The molecule has 1 aromatic heterocycles. The Morgan fingerprint density at radius 3 is 2.33 bits per heavy atom. The number of anilines is 1. The fourth-order valence-corrected chi connectivity index (χ4v) is 4.06. The number of nitrogens with zero attached hydrogens (tertiary/aromatic N) is 2. The summed E-state index contributed by atoms with van der Waals surface area (Å²) in [7, 11) is 0. The Kier molecular flexibility index (Phi) is 5.74. The van der Waals surface area contributed by atoms with Crippen LogP contribution < -0.4 is 5.32 Å². The Morgan fingerprint density at radius 2 is 1.63 bits per heavy atom. The minimum atomic E-state index is 0.520. The molecule has 4 heteroatoms. The van der Waals surface area contributed by atoms with E-state index in [1.54, 1.807) is 6.20 Å². The summed E-state index contributed by atoms with van der Waals surface area (Å²) in [5.74, 6) is 0. The molecule has 0 amide bonds. The van der Waals surface area contributed by atoms with Gasteiger partial charge >= 0.3 is 0 Å². The van der Waals surface area contributed by atoms with E-state index in [4.69, 9.17) is 4.98 Å². The van der Waals surface area contributed by atoms with E-state index < -0.39 is 0 Å². The molecule has 0 unspecified atom stereocenters. The van der Waals surface area contributed by atoms with Gasteiger partial charge < -0.3 is 5.32 Å².